The first kappa shape index (κ1) is 20.9. The van der Waals surface area contributed by atoms with Gasteiger partial charge in [0.05, 0.1) is 11.8 Å². The molecule has 2 aliphatic rings. The van der Waals surface area contributed by atoms with Crippen molar-refractivity contribution < 1.29 is 26.4 Å². The fraction of sp³-hybridized carbons (Fsp3) is 0.381. The van der Waals surface area contributed by atoms with Crippen LogP contribution < -0.4 is 4.72 Å². The van der Waals surface area contributed by atoms with E-state index < -0.39 is 27.5 Å². The fourth-order valence-corrected chi connectivity index (χ4v) is 5.03. The van der Waals surface area contributed by atoms with Crippen LogP contribution in [0.4, 0.5) is 13.2 Å². The van der Waals surface area contributed by atoms with Crippen LogP contribution in [-0.4, -0.2) is 44.6 Å². The lowest BCUT2D eigenvalue weighted by Gasteiger charge is -2.17. The third-order valence-electron chi connectivity index (χ3n) is 5.64. The Labute approximate surface area is 172 Å². The van der Waals surface area contributed by atoms with Gasteiger partial charge in [-0.05, 0) is 54.2 Å². The smallest absolute Gasteiger partial charge is 0.226 e. The van der Waals surface area contributed by atoms with Crippen LogP contribution in [0.15, 0.2) is 36.4 Å². The van der Waals surface area contributed by atoms with Gasteiger partial charge in [0.15, 0.2) is 0 Å². The monoisotopic (exact) mass is 438 g/mol. The van der Waals surface area contributed by atoms with E-state index in [0.29, 0.717) is 24.9 Å². The zero-order valence-electron chi connectivity index (χ0n) is 16.2. The van der Waals surface area contributed by atoms with E-state index in [0.717, 1.165) is 24.5 Å². The van der Waals surface area contributed by atoms with Crippen molar-refractivity contribution in [3.63, 3.8) is 0 Å². The predicted molar refractivity (Wildman–Crippen MR) is 106 cm³/mol. The highest BCUT2D eigenvalue weighted by Gasteiger charge is 2.48. The number of halogens is 3. The van der Waals surface area contributed by atoms with Crippen molar-refractivity contribution in [2.75, 3.05) is 19.3 Å². The minimum Gasteiger partial charge on any atom is -0.341 e. The van der Waals surface area contributed by atoms with Crippen molar-refractivity contribution in [1.29, 1.82) is 0 Å². The second kappa shape index (κ2) is 7.70. The summed E-state index contributed by atoms with van der Waals surface area (Å²) in [6.07, 6.45) is 2.10. The maximum absolute atomic E-state index is 14.3. The largest absolute Gasteiger partial charge is 0.341 e. The van der Waals surface area contributed by atoms with E-state index in [1.807, 2.05) is 0 Å². The Morgan fingerprint density at radius 1 is 1.13 bits per heavy atom. The average Bonchev–Trinajstić information content (AvgIpc) is 3.31. The first-order valence-electron chi connectivity index (χ1n) is 9.64. The number of carbonyl (C=O) groups excluding carboxylic acids is 1. The number of hydrogen-bond donors (Lipinski definition) is 1. The highest BCUT2D eigenvalue weighted by atomic mass is 32.2. The van der Waals surface area contributed by atoms with Gasteiger partial charge >= 0.3 is 0 Å². The first-order chi connectivity index (χ1) is 14.1. The molecule has 2 aromatic carbocycles. The Kier molecular flexibility index (Phi) is 5.36. The summed E-state index contributed by atoms with van der Waals surface area (Å²) in [4.78, 5) is 14.5. The van der Waals surface area contributed by atoms with E-state index >= 15 is 0 Å². The van der Waals surface area contributed by atoms with E-state index in [-0.39, 0.29) is 41.5 Å². The number of benzene rings is 2. The molecule has 1 saturated carbocycles. The molecule has 0 radical (unpaired) electrons. The predicted octanol–water partition coefficient (Wildman–Crippen LogP) is 3.02. The minimum atomic E-state index is -3.36. The average molecular weight is 438 g/mol. The SMILES string of the molecule is CS(=O)(=O)N[C@H]1CCN(C(=O)[C@H]2C[C@@H]2c2ccc(F)cc2-c2c(F)cccc2F)C1. The van der Waals surface area contributed by atoms with Gasteiger partial charge in [0.25, 0.3) is 0 Å². The first-order valence-corrected chi connectivity index (χ1v) is 11.5. The molecule has 0 unspecified atom stereocenters. The number of sulfonamides is 1. The Hall–Kier alpha value is -2.39. The van der Waals surface area contributed by atoms with Crippen molar-refractivity contribution in [1.82, 2.24) is 9.62 Å². The molecule has 4 rings (SSSR count). The van der Waals surface area contributed by atoms with E-state index in [1.54, 1.807) is 4.90 Å². The highest BCUT2D eigenvalue weighted by molar-refractivity contribution is 7.88. The van der Waals surface area contributed by atoms with Crippen LogP contribution in [0.1, 0.15) is 24.3 Å². The lowest BCUT2D eigenvalue weighted by molar-refractivity contribution is -0.131. The molecule has 3 atom stereocenters. The van der Waals surface area contributed by atoms with E-state index in [4.69, 9.17) is 0 Å². The van der Waals surface area contributed by atoms with Gasteiger partial charge in [-0.25, -0.2) is 26.3 Å². The van der Waals surface area contributed by atoms with Crippen LogP contribution >= 0.6 is 0 Å². The molecule has 160 valence electrons. The molecule has 1 aliphatic carbocycles. The van der Waals surface area contributed by atoms with E-state index in [2.05, 4.69) is 4.72 Å². The van der Waals surface area contributed by atoms with Crippen LogP contribution in [0.3, 0.4) is 0 Å². The summed E-state index contributed by atoms with van der Waals surface area (Å²) in [5.74, 6) is -2.97. The van der Waals surface area contributed by atoms with Crippen molar-refractivity contribution in [3.05, 3.63) is 59.4 Å². The quantitative estimate of drug-likeness (QED) is 0.781. The van der Waals surface area contributed by atoms with Crippen molar-refractivity contribution >= 4 is 15.9 Å². The maximum Gasteiger partial charge on any atom is 0.226 e. The molecule has 1 saturated heterocycles. The second-order valence-electron chi connectivity index (χ2n) is 7.94. The Morgan fingerprint density at radius 2 is 1.83 bits per heavy atom. The number of hydrogen-bond acceptors (Lipinski definition) is 3. The highest BCUT2D eigenvalue weighted by Crippen LogP contribution is 2.52. The molecule has 9 heteroatoms. The minimum absolute atomic E-state index is 0.115. The molecule has 1 N–H and O–H groups in total. The van der Waals surface area contributed by atoms with Gasteiger partial charge in [-0.3, -0.25) is 4.79 Å². The van der Waals surface area contributed by atoms with Gasteiger partial charge in [-0.15, -0.1) is 0 Å². The van der Waals surface area contributed by atoms with Crippen molar-refractivity contribution in [2.45, 2.75) is 24.8 Å². The molecule has 2 fully saturated rings. The molecular weight excluding hydrogens is 417 g/mol. The molecule has 1 amide bonds. The van der Waals surface area contributed by atoms with Gasteiger partial charge in [0.1, 0.15) is 17.5 Å². The lowest BCUT2D eigenvalue weighted by atomic mass is 9.94. The summed E-state index contributed by atoms with van der Waals surface area (Å²) in [6, 6.07) is 6.94. The Morgan fingerprint density at radius 3 is 2.50 bits per heavy atom. The third kappa shape index (κ3) is 4.22. The summed E-state index contributed by atoms with van der Waals surface area (Å²) < 4.78 is 67.8. The number of carbonyl (C=O) groups is 1. The molecule has 5 nitrogen and oxygen atoms in total. The van der Waals surface area contributed by atoms with Gasteiger partial charge in [0, 0.05) is 25.0 Å². The van der Waals surface area contributed by atoms with Crippen LogP contribution in [0, 0.1) is 23.4 Å². The van der Waals surface area contributed by atoms with Crippen LogP contribution in [0.2, 0.25) is 0 Å². The van der Waals surface area contributed by atoms with E-state index in [1.165, 1.54) is 18.2 Å². The molecule has 2 aromatic rings. The fourth-order valence-electron chi connectivity index (χ4n) is 4.23. The summed E-state index contributed by atoms with van der Waals surface area (Å²) in [5.41, 5.74) is 0.344. The summed E-state index contributed by atoms with van der Waals surface area (Å²) in [6.45, 7) is 0.723. The Balaban J connectivity index is 1.54. The zero-order valence-corrected chi connectivity index (χ0v) is 17.1. The van der Waals surface area contributed by atoms with Gasteiger partial charge in [0.2, 0.25) is 15.9 Å². The zero-order chi connectivity index (χ0) is 21.6. The number of nitrogens with one attached hydrogen (secondary N) is 1. The molecule has 0 aromatic heterocycles. The molecule has 0 spiro atoms. The van der Waals surface area contributed by atoms with Crippen LogP contribution in [0.5, 0.6) is 0 Å². The van der Waals surface area contributed by atoms with Crippen LogP contribution in [-0.2, 0) is 14.8 Å². The summed E-state index contributed by atoms with van der Waals surface area (Å²) in [7, 11) is -3.36. The second-order valence-corrected chi connectivity index (χ2v) is 9.72. The molecule has 1 aliphatic heterocycles. The van der Waals surface area contributed by atoms with E-state index in [9.17, 15) is 26.4 Å². The van der Waals surface area contributed by atoms with Gasteiger partial charge in [-0.1, -0.05) is 12.1 Å². The summed E-state index contributed by atoms with van der Waals surface area (Å²) >= 11 is 0. The standard InChI is InChI=1S/C21H21F3N2O3S/c1-30(28,29)25-13-7-8-26(11-13)21(27)17-10-15(17)14-6-5-12(22)9-16(14)20-18(23)3-2-4-19(20)24/h2-6,9,13,15,17,25H,7-8,10-11H2,1H3/t13-,15+,17-/m0/s1. The topological polar surface area (TPSA) is 66.5 Å². The molecule has 1 heterocycles. The Bertz CT molecular complexity index is 1090. The van der Waals surface area contributed by atoms with Crippen molar-refractivity contribution in [2.24, 2.45) is 5.92 Å². The third-order valence-corrected chi connectivity index (χ3v) is 6.40. The normalized spacial score (nSPS) is 23.6. The maximum atomic E-state index is 14.3. The number of likely N-dealkylation sites (tertiary alicyclic amines) is 1. The lowest BCUT2D eigenvalue weighted by Crippen LogP contribution is -2.38. The molecular formula is C21H21F3N2O3S. The van der Waals surface area contributed by atoms with Gasteiger partial charge in [-0.2, -0.15) is 0 Å². The molecule has 0 bridgehead atoms. The molecule has 30 heavy (non-hydrogen) atoms. The van der Waals surface area contributed by atoms with Crippen LogP contribution in [0.25, 0.3) is 11.1 Å². The number of amides is 1. The van der Waals surface area contributed by atoms with Gasteiger partial charge < -0.3 is 4.90 Å². The van der Waals surface area contributed by atoms with Crippen molar-refractivity contribution in [3.8, 4) is 11.1 Å². The number of rotatable bonds is 5. The summed E-state index contributed by atoms with van der Waals surface area (Å²) in [5, 5.41) is 0. The number of nitrogens with zero attached hydrogens (tertiary/aromatic N) is 1.